The van der Waals surface area contributed by atoms with Crippen LogP contribution in [0.25, 0.3) is 0 Å². The third-order valence-electron chi connectivity index (χ3n) is 4.24. The molecule has 0 radical (unpaired) electrons. The SMILES string of the molecule is Cc1c(F)cc(CN)cc1S(=O)(=O)N1CC(C)CCC1C. The molecule has 0 saturated carbocycles. The van der Waals surface area contributed by atoms with Gasteiger partial charge in [-0.3, -0.25) is 0 Å². The van der Waals surface area contributed by atoms with Gasteiger partial charge in [0.2, 0.25) is 10.0 Å². The van der Waals surface area contributed by atoms with Gasteiger partial charge >= 0.3 is 0 Å². The molecule has 2 rings (SSSR count). The lowest BCUT2D eigenvalue weighted by Crippen LogP contribution is -2.45. The van der Waals surface area contributed by atoms with Crippen LogP contribution in [0.5, 0.6) is 0 Å². The van der Waals surface area contributed by atoms with E-state index in [1.807, 2.05) is 13.8 Å². The van der Waals surface area contributed by atoms with Crippen molar-refractivity contribution in [2.24, 2.45) is 11.7 Å². The highest BCUT2D eigenvalue weighted by molar-refractivity contribution is 7.89. The number of hydrogen-bond acceptors (Lipinski definition) is 3. The number of hydrogen-bond donors (Lipinski definition) is 1. The standard InChI is InChI=1S/C15H23FN2O2S/c1-10-4-5-11(2)18(9-10)21(19,20)15-7-13(8-17)6-14(16)12(15)3/h6-7,10-11H,4-5,8-9,17H2,1-3H3. The summed E-state index contributed by atoms with van der Waals surface area (Å²) in [7, 11) is -3.69. The van der Waals surface area contributed by atoms with Crippen molar-refractivity contribution in [2.75, 3.05) is 6.54 Å². The first-order chi connectivity index (χ1) is 9.77. The number of sulfonamides is 1. The predicted molar refractivity (Wildman–Crippen MR) is 80.8 cm³/mol. The summed E-state index contributed by atoms with van der Waals surface area (Å²) in [6.07, 6.45) is 1.85. The molecule has 1 aromatic carbocycles. The van der Waals surface area contributed by atoms with Gasteiger partial charge in [0, 0.05) is 24.7 Å². The van der Waals surface area contributed by atoms with Crippen LogP contribution in [0.4, 0.5) is 4.39 Å². The van der Waals surface area contributed by atoms with Crippen molar-refractivity contribution in [3.05, 3.63) is 29.1 Å². The minimum atomic E-state index is -3.69. The lowest BCUT2D eigenvalue weighted by atomic mass is 9.97. The fraction of sp³-hybridized carbons (Fsp3) is 0.600. The number of nitrogens with two attached hydrogens (primary N) is 1. The molecule has 1 aliphatic heterocycles. The largest absolute Gasteiger partial charge is 0.326 e. The predicted octanol–water partition coefficient (Wildman–Crippen LogP) is 2.40. The Kier molecular flexibility index (Phi) is 4.70. The van der Waals surface area contributed by atoms with E-state index in [1.165, 1.54) is 23.4 Å². The van der Waals surface area contributed by atoms with Crippen LogP contribution >= 0.6 is 0 Å². The molecular formula is C15H23FN2O2S. The van der Waals surface area contributed by atoms with Crippen LogP contribution in [-0.4, -0.2) is 25.3 Å². The van der Waals surface area contributed by atoms with Gasteiger partial charge < -0.3 is 5.73 Å². The van der Waals surface area contributed by atoms with Crippen molar-refractivity contribution in [2.45, 2.75) is 51.1 Å². The highest BCUT2D eigenvalue weighted by atomic mass is 32.2. The van der Waals surface area contributed by atoms with E-state index in [1.54, 1.807) is 0 Å². The Morgan fingerprint density at radius 3 is 2.62 bits per heavy atom. The Balaban J connectivity index is 2.51. The number of benzene rings is 1. The van der Waals surface area contributed by atoms with Crippen molar-refractivity contribution in [1.82, 2.24) is 4.31 Å². The van der Waals surface area contributed by atoms with E-state index in [0.717, 1.165) is 12.8 Å². The normalized spacial score (nSPS) is 24.2. The Labute approximate surface area is 126 Å². The topological polar surface area (TPSA) is 63.4 Å². The maximum Gasteiger partial charge on any atom is 0.243 e. The van der Waals surface area contributed by atoms with Crippen molar-refractivity contribution in [3.63, 3.8) is 0 Å². The fourth-order valence-electron chi connectivity index (χ4n) is 2.80. The van der Waals surface area contributed by atoms with Gasteiger partial charge in [0.15, 0.2) is 0 Å². The number of nitrogens with zero attached hydrogens (tertiary/aromatic N) is 1. The third-order valence-corrected chi connectivity index (χ3v) is 6.35. The summed E-state index contributed by atoms with van der Waals surface area (Å²) in [6, 6.07) is 2.74. The molecule has 21 heavy (non-hydrogen) atoms. The quantitative estimate of drug-likeness (QED) is 0.932. The Bertz CT molecular complexity index is 631. The molecule has 1 aromatic rings. The molecule has 0 aliphatic carbocycles. The Hall–Kier alpha value is -0.980. The first kappa shape index (κ1) is 16.4. The van der Waals surface area contributed by atoms with Crippen molar-refractivity contribution < 1.29 is 12.8 Å². The molecule has 0 amide bonds. The van der Waals surface area contributed by atoms with Gasteiger partial charge in [-0.05, 0) is 50.3 Å². The van der Waals surface area contributed by atoms with Crippen LogP contribution in [0.3, 0.4) is 0 Å². The first-order valence-corrected chi connectivity index (χ1v) is 8.72. The molecule has 1 heterocycles. The van der Waals surface area contributed by atoms with Crippen LogP contribution in [0.15, 0.2) is 17.0 Å². The summed E-state index contributed by atoms with van der Waals surface area (Å²) in [5.41, 5.74) is 6.19. The van der Waals surface area contributed by atoms with Crippen molar-refractivity contribution in [1.29, 1.82) is 0 Å². The van der Waals surface area contributed by atoms with Gasteiger partial charge in [-0.15, -0.1) is 0 Å². The van der Waals surface area contributed by atoms with Crippen LogP contribution in [0, 0.1) is 18.7 Å². The maximum atomic E-state index is 14.0. The maximum absolute atomic E-state index is 14.0. The molecule has 1 aliphatic rings. The van der Waals surface area contributed by atoms with E-state index in [9.17, 15) is 12.8 Å². The van der Waals surface area contributed by atoms with E-state index < -0.39 is 15.8 Å². The van der Waals surface area contributed by atoms with Gasteiger partial charge in [0.25, 0.3) is 0 Å². The molecule has 0 spiro atoms. The molecule has 2 atom stereocenters. The highest BCUT2D eigenvalue weighted by Crippen LogP contribution is 2.30. The van der Waals surface area contributed by atoms with Crippen LogP contribution in [0.1, 0.15) is 37.8 Å². The zero-order chi connectivity index (χ0) is 15.8. The Morgan fingerprint density at radius 2 is 2.00 bits per heavy atom. The Morgan fingerprint density at radius 1 is 1.33 bits per heavy atom. The number of halogens is 1. The van der Waals surface area contributed by atoms with E-state index in [2.05, 4.69) is 0 Å². The summed E-state index contributed by atoms with van der Waals surface area (Å²) in [6.45, 7) is 6.05. The van der Waals surface area contributed by atoms with Crippen LogP contribution in [-0.2, 0) is 16.6 Å². The molecule has 1 fully saturated rings. The lowest BCUT2D eigenvalue weighted by molar-refractivity contribution is 0.218. The molecule has 2 unspecified atom stereocenters. The monoisotopic (exact) mass is 314 g/mol. The smallest absolute Gasteiger partial charge is 0.243 e. The molecule has 118 valence electrons. The minimum absolute atomic E-state index is 0.0453. The minimum Gasteiger partial charge on any atom is -0.326 e. The van der Waals surface area contributed by atoms with E-state index in [0.29, 0.717) is 18.0 Å². The molecule has 0 aromatic heterocycles. The van der Waals surface area contributed by atoms with Gasteiger partial charge in [-0.2, -0.15) is 4.31 Å². The fourth-order valence-corrected chi connectivity index (χ4v) is 4.87. The molecule has 1 saturated heterocycles. The number of piperidine rings is 1. The summed E-state index contributed by atoms with van der Waals surface area (Å²) in [4.78, 5) is 0.0453. The average molecular weight is 314 g/mol. The first-order valence-electron chi connectivity index (χ1n) is 7.28. The van der Waals surface area contributed by atoms with E-state index in [4.69, 9.17) is 5.73 Å². The molecule has 4 nitrogen and oxygen atoms in total. The zero-order valence-corrected chi connectivity index (χ0v) is 13.6. The second-order valence-corrected chi connectivity index (χ2v) is 7.87. The second kappa shape index (κ2) is 6.02. The molecule has 2 N–H and O–H groups in total. The highest BCUT2D eigenvalue weighted by Gasteiger charge is 2.35. The summed E-state index contributed by atoms with van der Waals surface area (Å²) >= 11 is 0. The van der Waals surface area contributed by atoms with Crippen LogP contribution < -0.4 is 5.73 Å². The number of rotatable bonds is 3. The lowest BCUT2D eigenvalue weighted by Gasteiger charge is -2.36. The van der Waals surface area contributed by atoms with E-state index in [-0.39, 0.29) is 23.0 Å². The summed E-state index contributed by atoms with van der Waals surface area (Å²) in [5, 5.41) is 0. The molecule has 0 bridgehead atoms. The van der Waals surface area contributed by atoms with Gasteiger partial charge in [0.05, 0.1) is 4.90 Å². The van der Waals surface area contributed by atoms with Crippen molar-refractivity contribution >= 4 is 10.0 Å². The average Bonchev–Trinajstić information content (AvgIpc) is 2.43. The summed E-state index contributed by atoms with van der Waals surface area (Å²) in [5.74, 6) is -0.201. The van der Waals surface area contributed by atoms with E-state index >= 15 is 0 Å². The van der Waals surface area contributed by atoms with Crippen molar-refractivity contribution in [3.8, 4) is 0 Å². The van der Waals surface area contributed by atoms with Gasteiger partial charge in [0.1, 0.15) is 5.82 Å². The van der Waals surface area contributed by atoms with Gasteiger partial charge in [-0.1, -0.05) is 6.92 Å². The zero-order valence-electron chi connectivity index (χ0n) is 12.8. The molecule has 6 heteroatoms. The second-order valence-electron chi connectivity index (χ2n) is 6.01. The van der Waals surface area contributed by atoms with Gasteiger partial charge in [-0.25, -0.2) is 12.8 Å². The van der Waals surface area contributed by atoms with Crippen LogP contribution in [0.2, 0.25) is 0 Å². The third kappa shape index (κ3) is 3.12. The summed E-state index contributed by atoms with van der Waals surface area (Å²) < 4.78 is 41.3. The molecular weight excluding hydrogens is 291 g/mol.